The summed E-state index contributed by atoms with van der Waals surface area (Å²) in [6.07, 6.45) is -0.183. The molecular weight excluding hydrogens is 260 g/mol. The van der Waals surface area contributed by atoms with E-state index >= 15 is 0 Å². The van der Waals surface area contributed by atoms with Crippen molar-refractivity contribution in [1.82, 2.24) is 5.32 Å². The molecule has 8 heteroatoms. The SMILES string of the molecule is C=C(C)C(N)=O.CCC(NC(C)C)OS(=O)(=O)O. The van der Waals surface area contributed by atoms with Gasteiger partial charge in [-0.2, -0.15) is 8.42 Å². The normalized spacial score (nSPS) is 12.6. The first-order valence-electron chi connectivity index (χ1n) is 5.36. The molecule has 7 nitrogen and oxygen atoms in total. The Morgan fingerprint density at radius 3 is 2.06 bits per heavy atom. The first-order chi connectivity index (χ1) is 7.99. The highest BCUT2D eigenvalue weighted by molar-refractivity contribution is 7.80. The number of carbonyl (C=O) groups is 1. The molecule has 0 bridgehead atoms. The number of primary amides is 1. The maximum Gasteiger partial charge on any atom is 0.398 e. The number of rotatable bonds is 6. The Bertz CT molecular complexity index is 352. The van der Waals surface area contributed by atoms with Gasteiger partial charge in [0.1, 0.15) is 6.23 Å². The minimum Gasteiger partial charge on any atom is -0.366 e. The van der Waals surface area contributed by atoms with Gasteiger partial charge in [0.25, 0.3) is 0 Å². The second-order valence-electron chi connectivity index (χ2n) is 3.89. The van der Waals surface area contributed by atoms with Crippen molar-refractivity contribution in [2.45, 2.75) is 46.4 Å². The van der Waals surface area contributed by atoms with Gasteiger partial charge in [0.15, 0.2) is 0 Å². The monoisotopic (exact) mass is 282 g/mol. The van der Waals surface area contributed by atoms with Crippen molar-refractivity contribution < 1.29 is 21.9 Å². The van der Waals surface area contributed by atoms with Crippen LogP contribution in [0.4, 0.5) is 0 Å². The minimum atomic E-state index is -4.34. The summed E-state index contributed by atoms with van der Waals surface area (Å²) >= 11 is 0. The minimum absolute atomic E-state index is 0.108. The quantitative estimate of drug-likeness (QED) is 0.372. The molecule has 0 heterocycles. The molecule has 0 aromatic carbocycles. The van der Waals surface area contributed by atoms with E-state index in [-0.39, 0.29) is 6.04 Å². The second kappa shape index (κ2) is 9.03. The average molecular weight is 282 g/mol. The van der Waals surface area contributed by atoms with Crippen molar-refractivity contribution in [2.75, 3.05) is 0 Å². The van der Waals surface area contributed by atoms with E-state index in [0.717, 1.165) is 0 Å². The number of nitrogens with one attached hydrogen (secondary N) is 1. The first kappa shape index (κ1) is 19.4. The highest BCUT2D eigenvalue weighted by Gasteiger charge is 2.15. The Labute approximate surface area is 108 Å². The Hall–Kier alpha value is -0.960. The zero-order valence-corrected chi connectivity index (χ0v) is 12.0. The number of carbonyl (C=O) groups excluding carboxylic acids is 1. The lowest BCUT2D eigenvalue weighted by Crippen LogP contribution is -2.37. The number of amides is 1. The fourth-order valence-electron chi connectivity index (χ4n) is 0.732. The van der Waals surface area contributed by atoms with Crippen LogP contribution in [0.2, 0.25) is 0 Å². The molecule has 4 N–H and O–H groups in total. The molecule has 1 amide bonds. The van der Waals surface area contributed by atoms with Crippen LogP contribution in [0.1, 0.15) is 34.1 Å². The van der Waals surface area contributed by atoms with Gasteiger partial charge in [0, 0.05) is 11.6 Å². The Balaban J connectivity index is 0. The molecule has 0 aliphatic rings. The molecule has 0 aliphatic carbocycles. The molecular formula is C10H22N2O5S. The lowest BCUT2D eigenvalue weighted by Gasteiger charge is -2.17. The van der Waals surface area contributed by atoms with Gasteiger partial charge in [0.2, 0.25) is 5.91 Å². The lowest BCUT2D eigenvalue weighted by atomic mass is 10.3. The maximum atomic E-state index is 10.3. The molecule has 0 saturated carbocycles. The fraction of sp³-hybridized carbons (Fsp3) is 0.700. The molecule has 0 saturated heterocycles. The molecule has 1 unspecified atom stereocenters. The van der Waals surface area contributed by atoms with Gasteiger partial charge in [-0.05, 0) is 27.2 Å². The number of hydrogen-bond donors (Lipinski definition) is 3. The molecule has 18 heavy (non-hydrogen) atoms. The lowest BCUT2D eigenvalue weighted by molar-refractivity contribution is -0.114. The molecule has 0 fully saturated rings. The Morgan fingerprint density at radius 1 is 1.50 bits per heavy atom. The number of nitrogens with two attached hydrogens (primary N) is 1. The van der Waals surface area contributed by atoms with Crippen molar-refractivity contribution in [1.29, 1.82) is 0 Å². The van der Waals surface area contributed by atoms with Crippen LogP contribution in [0.25, 0.3) is 0 Å². The summed E-state index contributed by atoms with van der Waals surface area (Å²) in [5, 5.41) is 2.82. The standard InChI is InChI=1S/C6H15NO4S.C4H7NO/c1-4-6(7-5(2)3)11-12(8,9)10;1-3(2)4(5)6/h5-7H,4H2,1-3H3,(H,8,9,10);1H2,2H3,(H2,5,6). The van der Waals surface area contributed by atoms with Gasteiger partial charge < -0.3 is 5.73 Å². The molecule has 108 valence electrons. The van der Waals surface area contributed by atoms with Crippen LogP contribution < -0.4 is 11.1 Å². The second-order valence-corrected chi connectivity index (χ2v) is 4.93. The summed E-state index contributed by atoms with van der Waals surface area (Å²) in [5.41, 5.74) is 5.09. The van der Waals surface area contributed by atoms with Gasteiger partial charge in [-0.1, -0.05) is 13.5 Å². The Kier molecular flexibility index (Phi) is 9.73. The van der Waals surface area contributed by atoms with Crippen LogP contribution in [-0.2, 0) is 19.4 Å². The highest BCUT2D eigenvalue weighted by Crippen LogP contribution is 1.99. The van der Waals surface area contributed by atoms with Crippen LogP contribution in [0, 0.1) is 0 Å². The van der Waals surface area contributed by atoms with E-state index < -0.39 is 22.5 Å². The van der Waals surface area contributed by atoms with Crippen LogP contribution >= 0.6 is 0 Å². The maximum absolute atomic E-state index is 10.3. The van der Waals surface area contributed by atoms with Crippen molar-refractivity contribution >= 4 is 16.3 Å². The van der Waals surface area contributed by atoms with Crippen molar-refractivity contribution in [2.24, 2.45) is 5.73 Å². The molecule has 0 rings (SSSR count). The summed E-state index contributed by atoms with van der Waals surface area (Å²) in [5.74, 6) is -0.435. The third-order valence-electron chi connectivity index (χ3n) is 1.55. The van der Waals surface area contributed by atoms with Crippen LogP contribution in [0.15, 0.2) is 12.2 Å². The zero-order valence-electron chi connectivity index (χ0n) is 11.1. The summed E-state index contributed by atoms with van der Waals surface area (Å²) in [7, 11) is -4.34. The summed E-state index contributed by atoms with van der Waals surface area (Å²) in [6.45, 7) is 10.3. The van der Waals surface area contributed by atoms with E-state index in [2.05, 4.69) is 16.1 Å². The zero-order chi connectivity index (χ0) is 14.9. The van der Waals surface area contributed by atoms with Crippen LogP contribution in [0.5, 0.6) is 0 Å². The smallest absolute Gasteiger partial charge is 0.366 e. The first-order valence-corrected chi connectivity index (χ1v) is 6.73. The predicted octanol–water partition coefficient (Wildman–Crippen LogP) is 0.588. The van der Waals surface area contributed by atoms with Gasteiger partial charge in [-0.25, -0.2) is 4.18 Å². The molecule has 0 aliphatic heterocycles. The summed E-state index contributed by atoms with van der Waals surface area (Å²) < 4.78 is 33.2. The average Bonchev–Trinajstić information content (AvgIpc) is 2.14. The van der Waals surface area contributed by atoms with Crippen LogP contribution in [-0.4, -0.2) is 31.1 Å². The van der Waals surface area contributed by atoms with E-state index in [1.807, 2.05) is 13.8 Å². The summed E-state index contributed by atoms with van der Waals surface area (Å²) in [4.78, 5) is 9.82. The third kappa shape index (κ3) is 15.0. The van der Waals surface area contributed by atoms with Gasteiger partial charge in [-0.3, -0.25) is 14.7 Å². The van der Waals surface area contributed by atoms with Crippen molar-refractivity contribution in [3.05, 3.63) is 12.2 Å². The van der Waals surface area contributed by atoms with Crippen molar-refractivity contribution in [3.8, 4) is 0 Å². The van der Waals surface area contributed by atoms with Gasteiger partial charge >= 0.3 is 10.4 Å². The number of hydrogen-bond acceptors (Lipinski definition) is 5. The fourth-order valence-corrected chi connectivity index (χ4v) is 1.22. The molecule has 0 aromatic heterocycles. The summed E-state index contributed by atoms with van der Waals surface area (Å²) in [6, 6.07) is 0.108. The largest absolute Gasteiger partial charge is 0.398 e. The van der Waals surface area contributed by atoms with E-state index in [1.54, 1.807) is 13.8 Å². The molecule has 1 atom stereocenters. The van der Waals surface area contributed by atoms with Gasteiger partial charge in [0.05, 0.1) is 0 Å². The van der Waals surface area contributed by atoms with Crippen molar-refractivity contribution in [3.63, 3.8) is 0 Å². The Morgan fingerprint density at radius 2 is 1.89 bits per heavy atom. The molecule has 0 spiro atoms. The highest BCUT2D eigenvalue weighted by atomic mass is 32.3. The predicted molar refractivity (Wildman–Crippen MR) is 69.0 cm³/mol. The van der Waals surface area contributed by atoms with E-state index in [0.29, 0.717) is 12.0 Å². The third-order valence-corrected chi connectivity index (χ3v) is 2.02. The van der Waals surface area contributed by atoms with Crippen LogP contribution in [0.3, 0.4) is 0 Å². The van der Waals surface area contributed by atoms with Gasteiger partial charge in [-0.15, -0.1) is 0 Å². The van der Waals surface area contributed by atoms with E-state index in [9.17, 15) is 13.2 Å². The molecule has 0 aromatic rings. The van der Waals surface area contributed by atoms with E-state index in [1.165, 1.54) is 0 Å². The molecule has 0 radical (unpaired) electrons. The van der Waals surface area contributed by atoms with E-state index in [4.69, 9.17) is 10.3 Å². The topological polar surface area (TPSA) is 119 Å².